The zero-order valence-electron chi connectivity index (χ0n) is 14.4. The van der Waals surface area contributed by atoms with Crippen molar-refractivity contribution in [3.8, 4) is 34.3 Å². The van der Waals surface area contributed by atoms with Gasteiger partial charge in [-0.15, -0.1) is 11.3 Å². The Kier molecular flexibility index (Phi) is 4.80. The average Bonchev–Trinajstić information content (AvgIpc) is 3.35. The van der Waals surface area contributed by atoms with Gasteiger partial charge >= 0.3 is 0 Å². The quantitative estimate of drug-likeness (QED) is 0.700. The summed E-state index contributed by atoms with van der Waals surface area (Å²) in [7, 11) is 1.58. The van der Waals surface area contributed by atoms with Crippen LogP contribution in [0.5, 0.6) is 23.0 Å². The molecule has 1 aliphatic rings. The Balaban J connectivity index is 1.36. The highest BCUT2D eigenvalue weighted by Gasteiger charge is 2.15. The Hall–Kier alpha value is -3.26. The molecule has 0 radical (unpaired) electrons. The number of hydrogen-bond donors (Lipinski definition) is 1. The van der Waals surface area contributed by atoms with E-state index in [1.807, 2.05) is 23.6 Å². The van der Waals surface area contributed by atoms with Crippen molar-refractivity contribution in [2.75, 3.05) is 25.8 Å². The van der Waals surface area contributed by atoms with Gasteiger partial charge in [-0.1, -0.05) is 6.07 Å². The maximum Gasteiger partial charge on any atom is 0.264 e. The molecule has 1 N–H and O–H groups in total. The molecule has 138 valence electrons. The number of benzene rings is 2. The molecule has 0 saturated carbocycles. The molecule has 2 heterocycles. The molecule has 4 rings (SSSR count). The normalized spacial score (nSPS) is 11.9. The van der Waals surface area contributed by atoms with Crippen molar-refractivity contribution in [1.29, 1.82) is 0 Å². The van der Waals surface area contributed by atoms with Crippen LogP contribution in [0.25, 0.3) is 11.3 Å². The summed E-state index contributed by atoms with van der Waals surface area (Å²) in [5.41, 5.74) is 1.64. The zero-order valence-corrected chi connectivity index (χ0v) is 15.2. The van der Waals surface area contributed by atoms with E-state index in [9.17, 15) is 4.79 Å². The minimum atomic E-state index is -0.288. The van der Waals surface area contributed by atoms with Crippen LogP contribution < -0.4 is 24.3 Å². The standard InChI is InChI=1S/C19H16N2O5S/c1-23-13-3-2-4-14(8-13)24-9-18(22)21-19-20-15(10-27-19)12-5-6-16-17(7-12)26-11-25-16/h2-8,10H,9,11H2,1H3,(H,20,21,22). The minimum Gasteiger partial charge on any atom is -0.497 e. The van der Waals surface area contributed by atoms with Crippen molar-refractivity contribution >= 4 is 22.4 Å². The van der Waals surface area contributed by atoms with Crippen molar-refractivity contribution in [2.24, 2.45) is 0 Å². The molecular weight excluding hydrogens is 368 g/mol. The maximum atomic E-state index is 12.1. The Morgan fingerprint density at radius 3 is 2.93 bits per heavy atom. The Morgan fingerprint density at radius 1 is 1.19 bits per heavy atom. The number of fused-ring (bicyclic) bond motifs is 1. The van der Waals surface area contributed by atoms with Gasteiger partial charge in [0, 0.05) is 17.0 Å². The third kappa shape index (κ3) is 3.95. The number of nitrogens with one attached hydrogen (secondary N) is 1. The molecule has 0 bridgehead atoms. The predicted octanol–water partition coefficient (Wildman–Crippen LogP) is 3.56. The fraction of sp³-hybridized carbons (Fsp3) is 0.158. The summed E-state index contributed by atoms with van der Waals surface area (Å²) in [4.78, 5) is 16.5. The highest BCUT2D eigenvalue weighted by molar-refractivity contribution is 7.14. The van der Waals surface area contributed by atoms with E-state index in [-0.39, 0.29) is 19.3 Å². The Labute approximate surface area is 159 Å². The maximum absolute atomic E-state index is 12.1. The van der Waals surface area contributed by atoms with Gasteiger partial charge in [-0.3, -0.25) is 10.1 Å². The van der Waals surface area contributed by atoms with Crippen LogP contribution in [0.15, 0.2) is 47.8 Å². The summed E-state index contributed by atoms with van der Waals surface area (Å²) < 4.78 is 21.3. The van der Waals surface area contributed by atoms with Crippen LogP contribution >= 0.6 is 11.3 Å². The molecule has 1 aliphatic heterocycles. The van der Waals surface area contributed by atoms with E-state index in [0.29, 0.717) is 22.4 Å². The molecule has 2 aromatic carbocycles. The smallest absolute Gasteiger partial charge is 0.264 e. The molecule has 0 saturated heterocycles. The minimum absolute atomic E-state index is 0.119. The lowest BCUT2D eigenvalue weighted by Gasteiger charge is -2.07. The van der Waals surface area contributed by atoms with Gasteiger partial charge in [0.2, 0.25) is 6.79 Å². The molecule has 0 fully saturated rings. The number of hydrogen-bond acceptors (Lipinski definition) is 7. The first-order chi connectivity index (χ1) is 13.2. The first-order valence-electron chi connectivity index (χ1n) is 8.13. The van der Waals surface area contributed by atoms with Crippen LogP contribution in [0.4, 0.5) is 5.13 Å². The number of amides is 1. The van der Waals surface area contributed by atoms with Crippen LogP contribution in [0.1, 0.15) is 0 Å². The van der Waals surface area contributed by atoms with Gasteiger partial charge in [-0.25, -0.2) is 4.98 Å². The number of methoxy groups -OCH3 is 1. The Bertz CT molecular complexity index is 972. The number of anilines is 1. The first kappa shape index (κ1) is 17.2. The van der Waals surface area contributed by atoms with Crippen molar-refractivity contribution in [1.82, 2.24) is 4.98 Å². The topological polar surface area (TPSA) is 78.9 Å². The van der Waals surface area contributed by atoms with Crippen LogP contribution in [-0.2, 0) is 4.79 Å². The number of nitrogens with zero attached hydrogens (tertiary/aromatic N) is 1. The van der Waals surface area contributed by atoms with E-state index in [2.05, 4.69) is 10.3 Å². The van der Waals surface area contributed by atoms with Crippen LogP contribution in [-0.4, -0.2) is 31.4 Å². The third-order valence-corrected chi connectivity index (χ3v) is 4.59. The molecule has 0 aliphatic carbocycles. The lowest BCUT2D eigenvalue weighted by atomic mass is 10.1. The predicted molar refractivity (Wildman–Crippen MR) is 101 cm³/mol. The first-order valence-corrected chi connectivity index (χ1v) is 9.01. The second-order valence-electron chi connectivity index (χ2n) is 5.62. The lowest BCUT2D eigenvalue weighted by Crippen LogP contribution is -2.20. The van der Waals surface area contributed by atoms with E-state index in [1.54, 1.807) is 31.4 Å². The second-order valence-corrected chi connectivity index (χ2v) is 6.48. The van der Waals surface area contributed by atoms with E-state index in [4.69, 9.17) is 18.9 Å². The van der Waals surface area contributed by atoms with Gasteiger partial charge < -0.3 is 18.9 Å². The highest BCUT2D eigenvalue weighted by Crippen LogP contribution is 2.36. The summed E-state index contributed by atoms with van der Waals surface area (Å²) in [6.07, 6.45) is 0. The van der Waals surface area contributed by atoms with E-state index in [1.165, 1.54) is 11.3 Å². The van der Waals surface area contributed by atoms with Crippen LogP contribution in [0.3, 0.4) is 0 Å². The fourth-order valence-corrected chi connectivity index (χ4v) is 3.25. The van der Waals surface area contributed by atoms with E-state index in [0.717, 1.165) is 17.0 Å². The number of thiazole rings is 1. The van der Waals surface area contributed by atoms with Gasteiger partial charge in [0.25, 0.3) is 5.91 Å². The molecule has 1 amide bonds. The summed E-state index contributed by atoms with van der Waals surface area (Å²) in [5, 5.41) is 5.11. The van der Waals surface area contributed by atoms with Crippen LogP contribution in [0, 0.1) is 0 Å². The van der Waals surface area contributed by atoms with Gasteiger partial charge in [-0.2, -0.15) is 0 Å². The third-order valence-electron chi connectivity index (χ3n) is 3.83. The molecular formula is C19H16N2O5S. The van der Waals surface area contributed by atoms with E-state index >= 15 is 0 Å². The van der Waals surface area contributed by atoms with Crippen molar-refractivity contribution in [3.05, 3.63) is 47.8 Å². The monoisotopic (exact) mass is 384 g/mol. The molecule has 1 aromatic heterocycles. The zero-order chi connectivity index (χ0) is 18.6. The van der Waals surface area contributed by atoms with Crippen molar-refractivity contribution in [2.45, 2.75) is 0 Å². The molecule has 0 atom stereocenters. The van der Waals surface area contributed by atoms with Gasteiger partial charge in [-0.05, 0) is 30.3 Å². The number of carbonyl (C=O) groups excluding carboxylic acids is 1. The summed E-state index contributed by atoms with van der Waals surface area (Å²) >= 11 is 1.34. The van der Waals surface area contributed by atoms with E-state index < -0.39 is 0 Å². The number of rotatable bonds is 6. The summed E-state index contributed by atoms with van der Waals surface area (Å²) in [6.45, 7) is 0.108. The Morgan fingerprint density at radius 2 is 2.04 bits per heavy atom. The molecule has 3 aromatic rings. The highest BCUT2D eigenvalue weighted by atomic mass is 32.1. The van der Waals surface area contributed by atoms with Gasteiger partial charge in [0.05, 0.1) is 12.8 Å². The summed E-state index contributed by atoms with van der Waals surface area (Å²) in [5.74, 6) is 2.35. The number of ether oxygens (including phenoxy) is 4. The van der Waals surface area contributed by atoms with Crippen molar-refractivity contribution in [3.63, 3.8) is 0 Å². The molecule has 27 heavy (non-hydrogen) atoms. The largest absolute Gasteiger partial charge is 0.497 e. The van der Waals surface area contributed by atoms with Crippen molar-refractivity contribution < 1.29 is 23.7 Å². The van der Waals surface area contributed by atoms with Gasteiger partial charge in [0.1, 0.15) is 11.5 Å². The molecule has 8 heteroatoms. The lowest BCUT2D eigenvalue weighted by molar-refractivity contribution is -0.118. The molecule has 7 nitrogen and oxygen atoms in total. The molecule has 0 spiro atoms. The second kappa shape index (κ2) is 7.55. The SMILES string of the molecule is COc1cccc(OCC(=O)Nc2nc(-c3ccc4c(c3)OCO4)cs2)c1. The average molecular weight is 384 g/mol. The number of aromatic nitrogens is 1. The number of carbonyl (C=O) groups is 1. The fourth-order valence-electron chi connectivity index (χ4n) is 2.51. The van der Waals surface area contributed by atoms with Crippen LogP contribution in [0.2, 0.25) is 0 Å². The summed E-state index contributed by atoms with van der Waals surface area (Å²) in [6, 6.07) is 12.7. The molecule has 0 unspecified atom stereocenters. The van der Waals surface area contributed by atoms with Gasteiger partial charge in [0.15, 0.2) is 23.2 Å².